The van der Waals surface area contributed by atoms with Crippen molar-refractivity contribution in [2.24, 2.45) is 0 Å². The zero-order chi connectivity index (χ0) is 7.72. The molecule has 0 atom stereocenters. The summed E-state index contributed by atoms with van der Waals surface area (Å²) in [4.78, 5) is 0. The lowest BCUT2D eigenvalue weighted by atomic mass is 10.5. The molecule has 0 fully saturated rings. The number of aromatic nitrogens is 1. The van der Waals surface area contributed by atoms with E-state index in [2.05, 4.69) is 6.58 Å². The molecule has 1 aromatic rings. The van der Waals surface area contributed by atoms with E-state index in [-0.39, 0.29) is 11.8 Å². The van der Waals surface area contributed by atoms with Gasteiger partial charge in [-0.25, -0.2) is 0 Å². The minimum Gasteiger partial charge on any atom is -0.494 e. The lowest BCUT2D eigenvalue weighted by Crippen LogP contribution is -1.88. The number of rotatable bonds is 1. The van der Waals surface area contributed by atoms with Crippen LogP contribution in [0, 0.1) is 0 Å². The van der Waals surface area contributed by atoms with Gasteiger partial charge in [-0.3, -0.25) is 4.57 Å². The average molecular weight is 139 g/mol. The second kappa shape index (κ2) is 2.10. The summed E-state index contributed by atoms with van der Waals surface area (Å²) in [6.45, 7) is 5.26. The molecular weight excluding hydrogens is 130 g/mol. The Morgan fingerprint density at radius 3 is 2.00 bits per heavy atom. The molecule has 0 bridgehead atoms. The normalized spacial score (nSPS) is 9.70. The van der Waals surface area contributed by atoms with Gasteiger partial charge >= 0.3 is 0 Å². The summed E-state index contributed by atoms with van der Waals surface area (Å²) in [5, 5.41) is 18.1. The third kappa shape index (κ3) is 0.857. The molecule has 0 saturated heterocycles. The molecule has 3 heteroatoms. The average Bonchev–Trinajstić information content (AvgIpc) is 2.11. The molecule has 0 aromatic carbocycles. The van der Waals surface area contributed by atoms with Crippen molar-refractivity contribution in [3.63, 3.8) is 0 Å². The molecule has 0 radical (unpaired) electrons. The van der Waals surface area contributed by atoms with Gasteiger partial charge in [0.05, 0.1) is 0 Å². The Morgan fingerprint density at radius 2 is 1.80 bits per heavy atom. The van der Waals surface area contributed by atoms with Crippen LogP contribution in [0.3, 0.4) is 0 Å². The fraction of sp³-hybridized carbons (Fsp3) is 0.143. The minimum absolute atomic E-state index is 0.00463. The molecule has 0 amide bonds. The molecule has 10 heavy (non-hydrogen) atoms. The lowest BCUT2D eigenvalue weighted by molar-refractivity contribution is 0.405. The minimum atomic E-state index is 0.00463. The fourth-order valence-corrected chi connectivity index (χ4v) is 0.807. The summed E-state index contributed by atoms with van der Waals surface area (Å²) < 4.78 is 1.25. The first-order chi connectivity index (χ1) is 4.63. The molecule has 1 heterocycles. The van der Waals surface area contributed by atoms with E-state index in [1.165, 1.54) is 16.7 Å². The number of nitrogens with zero attached hydrogens (tertiary/aromatic N) is 1. The van der Waals surface area contributed by atoms with Crippen molar-refractivity contribution in [3.8, 4) is 11.8 Å². The molecule has 0 aliphatic carbocycles. The summed E-state index contributed by atoms with van der Waals surface area (Å²) >= 11 is 0. The molecule has 0 spiro atoms. The van der Waals surface area contributed by atoms with Crippen LogP contribution in [0.4, 0.5) is 0 Å². The standard InChI is InChI=1S/C7H9NO2/c1-5(2)8-6(9)3-4-7(8)10/h3-4,9-10H,1H2,2H3. The number of hydrogen-bond donors (Lipinski definition) is 2. The molecule has 1 rings (SSSR count). The van der Waals surface area contributed by atoms with Gasteiger partial charge in [-0.05, 0) is 6.92 Å². The van der Waals surface area contributed by atoms with Gasteiger partial charge in [0.2, 0.25) is 0 Å². The second-order valence-corrected chi connectivity index (χ2v) is 2.12. The Labute approximate surface area is 58.8 Å². The predicted molar refractivity (Wildman–Crippen MR) is 38.8 cm³/mol. The highest BCUT2D eigenvalue weighted by Crippen LogP contribution is 2.24. The van der Waals surface area contributed by atoms with Crippen LogP contribution in [0.1, 0.15) is 6.92 Å². The first kappa shape index (κ1) is 6.74. The summed E-state index contributed by atoms with van der Waals surface area (Å²) in [5.74, 6) is 0.00926. The molecule has 1 aromatic heterocycles. The molecule has 0 aliphatic heterocycles. The van der Waals surface area contributed by atoms with Gasteiger partial charge < -0.3 is 10.2 Å². The van der Waals surface area contributed by atoms with Crippen LogP contribution in [0.2, 0.25) is 0 Å². The Hall–Kier alpha value is -1.38. The Balaban J connectivity index is 3.23. The van der Waals surface area contributed by atoms with E-state index in [4.69, 9.17) is 10.2 Å². The third-order valence-electron chi connectivity index (χ3n) is 1.22. The van der Waals surface area contributed by atoms with Crippen LogP contribution < -0.4 is 0 Å². The molecule has 0 unspecified atom stereocenters. The van der Waals surface area contributed by atoms with E-state index in [1.54, 1.807) is 6.92 Å². The topological polar surface area (TPSA) is 45.4 Å². The summed E-state index contributed by atoms with van der Waals surface area (Å²) in [5.41, 5.74) is 0.583. The van der Waals surface area contributed by atoms with Gasteiger partial charge in [0.15, 0.2) is 11.8 Å². The van der Waals surface area contributed by atoms with Crippen molar-refractivity contribution < 1.29 is 10.2 Å². The maximum absolute atomic E-state index is 9.04. The Kier molecular flexibility index (Phi) is 1.41. The Bertz CT molecular complexity index is 243. The van der Waals surface area contributed by atoms with Crippen molar-refractivity contribution >= 4 is 5.70 Å². The van der Waals surface area contributed by atoms with Gasteiger partial charge in [0.1, 0.15) is 0 Å². The van der Waals surface area contributed by atoms with Crippen LogP contribution in [0.5, 0.6) is 11.8 Å². The van der Waals surface area contributed by atoms with Crippen molar-refractivity contribution in [1.29, 1.82) is 0 Å². The van der Waals surface area contributed by atoms with Crippen molar-refractivity contribution in [1.82, 2.24) is 4.57 Å². The lowest BCUT2D eigenvalue weighted by Gasteiger charge is -2.03. The van der Waals surface area contributed by atoms with Crippen LogP contribution >= 0.6 is 0 Å². The first-order valence-electron chi connectivity index (χ1n) is 2.88. The van der Waals surface area contributed by atoms with Gasteiger partial charge in [-0.2, -0.15) is 0 Å². The zero-order valence-electron chi connectivity index (χ0n) is 5.70. The van der Waals surface area contributed by atoms with Crippen LogP contribution in [-0.2, 0) is 0 Å². The molecule has 0 aliphatic rings. The highest BCUT2D eigenvalue weighted by Gasteiger charge is 2.03. The van der Waals surface area contributed by atoms with Crippen molar-refractivity contribution in [2.75, 3.05) is 0 Å². The highest BCUT2D eigenvalue weighted by atomic mass is 16.3. The van der Waals surface area contributed by atoms with Crippen LogP contribution in [0.25, 0.3) is 5.70 Å². The molecule has 54 valence electrons. The molecular formula is C7H9NO2. The number of allylic oxidation sites excluding steroid dienone is 1. The third-order valence-corrected chi connectivity index (χ3v) is 1.22. The quantitative estimate of drug-likeness (QED) is 0.617. The van der Waals surface area contributed by atoms with Crippen molar-refractivity contribution in [2.45, 2.75) is 6.92 Å². The molecule has 3 nitrogen and oxygen atoms in total. The van der Waals surface area contributed by atoms with Crippen LogP contribution in [-0.4, -0.2) is 14.8 Å². The molecule has 2 N–H and O–H groups in total. The molecule has 0 saturated carbocycles. The predicted octanol–water partition coefficient (Wildman–Crippen LogP) is 1.39. The van der Waals surface area contributed by atoms with Gasteiger partial charge in [0.25, 0.3) is 0 Å². The van der Waals surface area contributed by atoms with E-state index in [0.29, 0.717) is 5.70 Å². The largest absolute Gasteiger partial charge is 0.494 e. The van der Waals surface area contributed by atoms with E-state index in [1.807, 2.05) is 0 Å². The number of hydrogen-bond acceptors (Lipinski definition) is 2. The maximum Gasteiger partial charge on any atom is 0.198 e. The monoisotopic (exact) mass is 139 g/mol. The maximum atomic E-state index is 9.04. The SMILES string of the molecule is C=C(C)n1c(O)ccc1O. The van der Waals surface area contributed by atoms with Gasteiger partial charge in [-0.1, -0.05) is 6.58 Å². The van der Waals surface area contributed by atoms with Gasteiger partial charge in [-0.15, -0.1) is 0 Å². The van der Waals surface area contributed by atoms with E-state index in [0.717, 1.165) is 0 Å². The highest BCUT2D eigenvalue weighted by molar-refractivity contribution is 5.47. The fourth-order valence-electron chi connectivity index (χ4n) is 0.807. The van der Waals surface area contributed by atoms with Crippen molar-refractivity contribution in [3.05, 3.63) is 18.7 Å². The van der Waals surface area contributed by atoms with E-state index in [9.17, 15) is 0 Å². The first-order valence-corrected chi connectivity index (χ1v) is 2.88. The summed E-state index contributed by atoms with van der Waals surface area (Å²) in [6, 6.07) is 2.81. The zero-order valence-corrected chi connectivity index (χ0v) is 5.70. The summed E-state index contributed by atoms with van der Waals surface area (Å²) in [7, 11) is 0. The Morgan fingerprint density at radius 1 is 1.40 bits per heavy atom. The van der Waals surface area contributed by atoms with E-state index >= 15 is 0 Å². The van der Waals surface area contributed by atoms with E-state index < -0.39 is 0 Å². The summed E-state index contributed by atoms with van der Waals surface area (Å²) in [6.07, 6.45) is 0. The second-order valence-electron chi connectivity index (χ2n) is 2.12. The smallest absolute Gasteiger partial charge is 0.198 e. The number of aromatic hydroxyl groups is 2. The van der Waals surface area contributed by atoms with Gasteiger partial charge in [0, 0.05) is 17.8 Å². The van der Waals surface area contributed by atoms with Crippen LogP contribution in [0.15, 0.2) is 18.7 Å².